The van der Waals surface area contributed by atoms with Crippen LogP contribution in [0.4, 0.5) is 5.69 Å². The third-order valence-electron chi connectivity index (χ3n) is 4.19. The molecule has 2 heterocycles. The number of aromatic nitrogens is 1. The molecule has 0 spiro atoms. The molecule has 3 aromatic rings. The number of carbonyl (C=O) groups excluding carboxylic acids is 1. The number of anilines is 1. The second-order valence-corrected chi connectivity index (χ2v) is 6.81. The van der Waals surface area contributed by atoms with Crippen molar-refractivity contribution in [2.75, 3.05) is 26.6 Å². The monoisotopic (exact) mass is 386 g/mol. The van der Waals surface area contributed by atoms with Gasteiger partial charge in [-0.1, -0.05) is 6.07 Å². The number of amides is 1. The number of ether oxygens (including phenoxy) is 3. The van der Waals surface area contributed by atoms with E-state index < -0.39 is 0 Å². The van der Waals surface area contributed by atoms with Gasteiger partial charge in [0.25, 0.3) is 0 Å². The smallest absolute Gasteiger partial charge is 0.226 e. The van der Waals surface area contributed by atoms with Crippen LogP contribution in [0.1, 0.15) is 17.3 Å². The summed E-state index contributed by atoms with van der Waals surface area (Å²) in [4.78, 5) is 13.9. The maximum absolute atomic E-state index is 12.7. The quantitative estimate of drug-likeness (QED) is 0.630. The predicted octanol–water partition coefficient (Wildman–Crippen LogP) is 4.19. The Kier molecular flexibility index (Phi) is 6.03. The number of nitrogens with zero attached hydrogens (tertiary/aromatic N) is 1. The van der Waals surface area contributed by atoms with Crippen molar-refractivity contribution < 1.29 is 19.0 Å². The molecule has 27 heavy (non-hydrogen) atoms. The summed E-state index contributed by atoms with van der Waals surface area (Å²) in [6, 6.07) is 11.3. The highest BCUT2D eigenvalue weighted by molar-refractivity contribution is 7.10. The second-order valence-electron chi connectivity index (χ2n) is 5.83. The molecule has 0 bridgehead atoms. The lowest BCUT2D eigenvalue weighted by Gasteiger charge is -2.18. The highest BCUT2D eigenvalue weighted by Crippen LogP contribution is 2.40. The molecule has 0 unspecified atom stereocenters. The third kappa shape index (κ3) is 4.25. The van der Waals surface area contributed by atoms with Crippen LogP contribution < -0.4 is 19.5 Å². The van der Waals surface area contributed by atoms with Gasteiger partial charge in [0.2, 0.25) is 11.7 Å². The van der Waals surface area contributed by atoms with Gasteiger partial charge < -0.3 is 24.1 Å². The van der Waals surface area contributed by atoms with Crippen molar-refractivity contribution in [2.45, 2.75) is 12.5 Å². The lowest BCUT2D eigenvalue weighted by Crippen LogP contribution is -2.19. The number of benzene rings is 1. The first-order chi connectivity index (χ1) is 13.2. The number of rotatable bonds is 8. The zero-order chi connectivity index (χ0) is 19.2. The van der Waals surface area contributed by atoms with E-state index >= 15 is 0 Å². The van der Waals surface area contributed by atoms with E-state index in [1.54, 1.807) is 44.8 Å². The summed E-state index contributed by atoms with van der Waals surface area (Å²) >= 11 is 1.64. The van der Waals surface area contributed by atoms with Crippen LogP contribution in [0.2, 0.25) is 0 Å². The first kappa shape index (κ1) is 18.8. The summed E-state index contributed by atoms with van der Waals surface area (Å²) in [6.45, 7) is 0. The van der Waals surface area contributed by atoms with Gasteiger partial charge in [-0.15, -0.1) is 11.3 Å². The average Bonchev–Trinajstić information content (AvgIpc) is 3.39. The normalized spacial score (nSPS) is 11.7. The molecule has 0 saturated carbocycles. The van der Waals surface area contributed by atoms with Gasteiger partial charge in [-0.25, -0.2) is 0 Å². The largest absolute Gasteiger partial charge is 0.493 e. The van der Waals surface area contributed by atoms with Crippen LogP contribution in [0, 0.1) is 0 Å². The third-order valence-corrected chi connectivity index (χ3v) is 5.16. The fraction of sp³-hybridized carbons (Fsp3) is 0.250. The SMILES string of the molecule is COc1cc(NC(=O)C[C@@H](c2cccs2)n2cccc2)cc(OC)c1OC. The molecule has 0 aliphatic heterocycles. The van der Waals surface area contributed by atoms with Crippen LogP contribution in [-0.4, -0.2) is 31.8 Å². The molecule has 1 aromatic carbocycles. The van der Waals surface area contributed by atoms with Crippen LogP contribution >= 0.6 is 11.3 Å². The minimum absolute atomic E-state index is 0.0537. The molecule has 0 aliphatic rings. The van der Waals surface area contributed by atoms with Crippen molar-refractivity contribution in [3.63, 3.8) is 0 Å². The highest BCUT2D eigenvalue weighted by Gasteiger charge is 2.20. The van der Waals surface area contributed by atoms with Gasteiger partial charge in [-0.2, -0.15) is 0 Å². The number of hydrogen-bond donors (Lipinski definition) is 1. The summed E-state index contributed by atoms with van der Waals surface area (Å²) in [5.41, 5.74) is 0.590. The number of methoxy groups -OCH3 is 3. The molecule has 0 radical (unpaired) electrons. The molecule has 2 aromatic heterocycles. The Morgan fingerprint density at radius 1 is 1.07 bits per heavy atom. The van der Waals surface area contributed by atoms with Crippen LogP contribution in [-0.2, 0) is 4.79 Å². The van der Waals surface area contributed by atoms with Gasteiger partial charge in [0, 0.05) is 35.1 Å². The van der Waals surface area contributed by atoms with Crippen molar-refractivity contribution in [3.05, 3.63) is 59.0 Å². The number of hydrogen-bond acceptors (Lipinski definition) is 5. The number of carbonyl (C=O) groups is 1. The molecule has 1 amide bonds. The molecule has 6 nitrogen and oxygen atoms in total. The molecule has 7 heteroatoms. The number of thiophene rings is 1. The van der Waals surface area contributed by atoms with Crippen molar-refractivity contribution in [1.29, 1.82) is 0 Å². The summed E-state index contributed by atoms with van der Waals surface area (Å²) in [6.07, 6.45) is 4.25. The van der Waals surface area contributed by atoms with E-state index in [0.29, 0.717) is 29.4 Å². The van der Waals surface area contributed by atoms with E-state index in [9.17, 15) is 4.79 Å². The van der Waals surface area contributed by atoms with E-state index in [1.807, 2.05) is 46.6 Å². The molecular weight excluding hydrogens is 364 g/mol. The van der Waals surface area contributed by atoms with E-state index in [-0.39, 0.29) is 11.9 Å². The van der Waals surface area contributed by atoms with Gasteiger partial charge in [0.15, 0.2) is 11.5 Å². The van der Waals surface area contributed by atoms with E-state index in [0.717, 1.165) is 4.88 Å². The van der Waals surface area contributed by atoms with Crippen LogP contribution in [0.25, 0.3) is 0 Å². The van der Waals surface area contributed by atoms with Crippen LogP contribution in [0.15, 0.2) is 54.2 Å². The van der Waals surface area contributed by atoms with Crippen LogP contribution in [0.3, 0.4) is 0 Å². The Hall–Kier alpha value is -2.93. The molecule has 1 atom stereocenters. The summed E-state index contributed by atoms with van der Waals surface area (Å²) < 4.78 is 18.0. The molecular formula is C20H22N2O4S. The van der Waals surface area contributed by atoms with E-state index in [4.69, 9.17) is 14.2 Å². The lowest BCUT2D eigenvalue weighted by molar-refractivity contribution is -0.116. The van der Waals surface area contributed by atoms with Gasteiger partial charge in [-0.05, 0) is 23.6 Å². The second kappa shape index (κ2) is 8.64. The molecule has 142 valence electrons. The topological polar surface area (TPSA) is 61.7 Å². The number of nitrogens with one attached hydrogen (secondary N) is 1. The van der Waals surface area contributed by atoms with Gasteiger partial charge in [0.1, 0.15) is 0 Å². The van der Waals surface area contributed by atoms with E-state index in [1.165, 1.54) is 0 Å². The standard InChI is InChI=1S/C20H22N2O4S/c1-24-16-11-14(12-17(25-2)20(16)26-3)21-19(23)13-15(18-7-6-10-27-18)22-8-4-5-9-22/h4-12,15H,13H2,1-3H3,(H,21,23)/t15-/m0/s1. The molecule has 0 saturated heterocycles. The fourth-order valence-electron chi connectivity index (χ4n) is 2.93. The highest BCUT2D eigenvalue weighted by atomic mass is 32.1. The first-order valence-electron chi connectivity index (χ1n) is 8.42. The fourth-order valence-corrected chi connectivity index (χ4v) is 3.76. The van der Waals surface area contributed by atoms with Gasteiger partial charge >= 0.3 is 0 Å². The Bertz CT molecular complexity index is 816. The lowest BCUT2D eigenvalue weighted by atomic mass is 10.1. The van der Waals surface area contributed by atoms with Crippen molar-refractivity contribution in [1.82, 2.24) is 4.57 Å². The Morgan fingerprint density at radius 2 is 1.74 bits per heavy atom. The predicted molar refractivity (Wildman–Crippen MR) is 106 cm³/mol. The summed E-state index contributed by atoms with van der Waals surface area (Å²) in [5, 5.41) is 4.95. The Morgan fingerprint density at radius 3 is 2.26 bits per heavy atom. The molecule has 1 N–H and O–H groups in total. The maximum Gasteiger partial charge on any atom is 0.226 e. The summed E-state index contributed by atoms with van der Waals surface area (Å²) in [5.74, 6) is 1.37. The molecule has 0 fully saturated rings. The molecule has 3 rings (SSSR count). The van der Waals surface area contributed by atoms with Gasteiger partial charge in [-0.3, -0.25) is 4.79 Å². The minimum atomic E-state index is -0.101. The van der Waals surface area contributed by atoms with Crippen molar-refractivity contribution in [2.24, 2.45) is 0 Å². The zero-order valence-electron chi connectivity index (χ0n) is 15.5. The zero-order valence-corrected chi connectivity index (χ0v) is 16.3. The molecule has 0 aliphatic carbocycles. The van der Waals surface area contributed by atoms with E-state index in [2.05, 4.69) is 5.32 Å². The van der Waals surface area contributed by atoms with Gasteiger partial charge in [0.05, 0.1) is 33.8 Å². The van der Waals surface area contributed by atoms with Crippen molar-refractivity contribution >= 4 is 22.9 Å². The Balaban J connectivity index is 1.80. The van der Waals surface area contributed by atoms with Crippen LogP contribution in [0.5, 0.6) is 17.2 Å². The minimum Gasteiger partial charge on any atom is -0.493 e. The van der Waals surface area contributed by atoms with Crippen molar-refractivity contribution in [3.8, 4) is 17.2 Å². The first-order valence-corrected chi connectivity index (χ1v) is 9.30. The maximum atomic E-state index is 12.7. The summed E-state index contributed by atoms with van der Waals surface area (Å²) in [7, 11) is 4.63. The Labute approximate surface area is 162 Å². The average molecular weight is 386 g/mol.